The number of fused-ring (bicyclic) bond motifs is 2. The summed E-state index contributed by atoms with van der Waals surface area (Å²) in [7, 11) is 0. The molecule has 6 nitrogen and oxygen atoms in total. The Morgan fingerprint density at radius 1 is 0.825 bits per heavy atom. The Bertz CT molecular complexity index is 1860. The molecule has 0 fully saturated rings. The number of benzene rings is 4. The molecule has 0 saturated carbocycles. The zero-order chi connectivity index (χ0) is 27.6. The number of carbonyl (C=O) groups is 2. The predicted molar refractivity (Wildman–Crippen MR) is 157 cm³/mol. The highest BCUT2D eigenvalue weighted by atomic mass is 16.4. The fourth-order valence-corrected chi connectivity index (χ4v) is 5.09. The van der Waals surface area contributed by atoms with E-state index in [0.717, 1.165) is 39.0 Å². The van der Waals surface area contributed by atoms with E-state index in [0.29, 0.717) is 12.1 Å². The van der Waals surface area contributed by atoms with Crippen LogP contribution in [0.25, 0.3) is 27.4 Å². The van der Waals surface area contributed by atoms with Crippen molar-refractivity contribution in [2.45, 2.75) is 19.4 Å². The first-order valence-corrected chi connectivity index (χ1v) is 13.1. The van der Waals surface area contributed by atoms with Gasteiger partial charge >= 0.3 is 5.97 Å². The number of amides is 1. The lowest BCUT2D eigenvalue weighted by atomic mass is 10.0. The van der Waals surface area contributed by atoms with Crippen molar-refractivity contribution in [3.05, 3.63) is 144 Å². The number of carboxylic acids is 1. The molecule has 6 aromatic rings. The Labute approximate surface area is 231 Å². The molecule has 2 N–H and O–H groups in total. The number of carboxylic acid groups (broad SMARTS) is 1. The summed E-state index contributed by atoms with van der Waals surface area (Å²) in [6.07, 6.45) is 2.38. The summed E-state index contributed by atoms with van der Waals surface area (Å²) in [6.45, 7) is 1.88. The zero-order valence-electron chi connectivity index (χ0n) is 21.9. The van der Waals surface area contributed by atoms with Gasteiger partial charge in [0.2, 0.25) is 0 Å². The van der Waals surface area contributed by atoms with Crippen LogP contribution < -0.4 is 5.32 Å². The van der Waals surface area contributed by atoms with Crippen molar-refractivity contribution in [1.82, 2.24) is 14.7 Å². The normalized spacial score (nSPS) is 11.9. The van der Waals surface area contributed by atoms with Crippen LogP contribution in [0.15, 0.2) is 115 Å². The van der Waals surface area contributed by atoms with Crippen molar-refractivity contribution in [2.75, 3.05) is 0 Å². The Kier molecular flexibility index (Phi) is 6.58. The maximum Gasteiger partial charge on any atom is 0.335 e. The maximum atomic E-state index is 13.8. The van der Waals surface area contributed by atoms with Gasteiger partial charge in [-0.2, -0.15) is 0 Å². The van der Waals surface area contributed by atoms with Crippen LogP contribution in [0, 0.1) is 0 Å². The van der Waals surface area contributed by atoms with Gasteiger partial charge in [0.05, 0.1) is 23.3 Å². The smallest absolute Gasteiger partial charge is 0.335 e. The number of pyridine rings is 1. The molecule has 40 heavy (non-hydrogen) atoms. The summed E-state index contributed by atoms with van der Waals surface area (Å²) in [4.78, 5) is 29.8. The first kappa shape index (κ1) is 25.1. The van der Waals surface area contributed by atoms with E-state index < -0.39 is 5.97 Å². The summed E-state index contributed by atoms with van der Waals surface area (Å²) in [5, 5.41) is 14.7. The Morgan fingerprint density at radius 3 is 2.30 bits per heavy atom. The first-order valence-electron chi connectivity index (χ1n) is 13.1. The van der Waals surface area contributed by atoms with Crippen LogP contribution in [0.5, 0.6) is 0 Å². The number of hydrogen-bond donors (Lipinski definition) is 2. The molecule has 0 aliphatic heterocycles. The van der Waals surface area contributed by atoms with Gasteiger partial charge in [-0.15, -0.1) is 0 Å². The van der Waals surface area contributed by atoms with Crippen molar-refractivity contribution < 1.29 is 14.7 Å². The minimum Gasteiger partial charge on any atom is -0.478 e. The summed E-state index contributed by atoms with van der Waals surface area (Å²) in [6, 6.07) is 34.8. The molecule has 0 saturated heterocycles. The quantitative estimate of drug-likeness (QED) is 0.237. The highest BCUT2D eigenvalue weighted by molar-refractivity contribution is 5.95. The molecule has 0 spiro atoms. The molecule has 0 bridgehead atoms. The Hall–Kier alpha value is -5.23. The largest absolute Gasteiger partial charge is 0.478 e. The summed E-state index contributed by atoms with van der Waals surface area (Å²) < 4.78 is 1.93. The fourth-order valence-electron chi connectivity index (χ4n) is 5.09. The summed E-state index contributed by atoms with van der Waals surface area (Å²) >= 11 is 0. The van der Waals surface area contributed by atoms with E-state index in [4.69, 9.17) is 4.98 Å². The molecule has 2 aromatic heterocycles. The maximum absolute atomic E-state index is 13.8. The molecule has 6 heteroatoms. The van der Waals surface area contributed by atoms with E-state index in [1.807, 2.05) is 66.1 Å². The second-order valence-electron chi connectivity index (χ2n) is 9.91. The predicted octanol–water partition coefficient (Wildman–Crippen LogP) is 6.93. The molecule has 0 aliphatic carbocycles. The van der Waals surface area contributed by atoms with Crippen molar-refractivity contribution in [3.63, 3.8) is 0 Å². The lowest BCUT2D eigenvalue weighted by Crippen LogP contribution is -2.28. The van der Waals surface area contributed by atoms with Gasteiger partial charge in [-0.25, -0.2) is 9.78 Å². The monoisotopic (exact) mass is 525 g/mol. The molecular formula is C34H27N3O3. The molecule has 6 rings (SSSR count). The van der Waals surface area contributed by atoms with Crippen LogP contribution in [0.3, 0.4) is 0 Å². The molecule has 1 atom stereocenters. The third-order valence-electron chi connectivity index (χ3n) is 7.22. The molecule has 0 radical (unpaired) electrons. The van der Waals surface area contributed by atoms with E-state index in [2.05, 4.69) is 41.7 Å². The van der Waals surface area contributed by atoms with Gasteiger partial charge in [0, 0.05) is 6.42 Å². The number of aromatic nitrogens is 2. The third kappa shape index (κ3) is 4.95. The number of nitrogens with one attached hydrogen (secondary N) is 1. The van der Waals surface area contributed by atoms with Crippen LogP contribution in [-0.4, -0.2) is 26.4 Å². The lowest BCUT2D eigenvalue weighted by Gasteiger charge is -2.17. The number of imidazole rings is 1. The molecule has 1 amide bonds. The van der Waals surface area contributed by atoms with Crippen LogP contribution in [0.1, 0.15) is 50.8 Å². The highest BCUT2D eigenvalue weighted by Crippen LogP contribution is 2.26. The molecule has 196 valence electrons. The van der Waals surface area contributed by atoms with Crippen molar-refractivity contribution >= 4 is 28.2 Å². The van der Waals surface area contributed by atoms with E-state index in [1.165, 1.54) is 5.39 Å². The summed E-state index contributed by atoms with van der Waals surface area (Å²) in [5.41, 5.74) is 5.38. The van der Waals surface area contributed by atoms with Crippen LogP contribution in [0.4, 0.5) is 0 Å². The lowest BCUT2D eigenvalue weighted by molar-refractivity contribution is 0.0696. The number of hydrogen-bond acceptors (Lipinski definition) is 3. The van der Waals surface area contributed by atoms with Crippen molar-refractivity contribution in [3.8, 4) is 11.1 Å². The Morgan fingerprint density at radius 2 is 1.55 bits per heavy atom. The highest BCUT2D eigenvalue weighted by Gasteiger charge is 2.19. The fraction of sp³-hybridized carbons (Fsp3) is 0.0882. The number of aromatic carboxylic acids is 1. The average Bonchev–Trinajstić information content (AvgIpc) is 3.39. The molecule has 0 unspecified atom stereocenters. The van der Waals surface area contributed by atoms with Gasteiger partial charge < -0.3 is 10.4 Å². The molecule has 0 aliphatic rings. The van der Waals surface area contributed by atoms with Gasteiger partial charge in [0.1, 0.15) is 11.5 Å². The molecule has 2 heterocycles. The van der Waals surface area contributed by atoms with Crippen LogP contribution >= 0.6 is 0 Å². The Balaban J connectivity index is 1.39. The van der Waals surface area contributed by atoms with Gasteiger partial charge in [0.15, 0.2) is 0 Å². The van der Waals surface area contributed by atoms with E-state index in [9.17, 15) is 14.7 Å². The van der Waals surface area contributed by atoms with Crippen LogP contribution in [-0.2, 0) is 6.42 Å². The second kappa shape index (κ2) is 10.5. The summed E-state index contributed by atoms with van der Waals surface area (Å²) in [5.74, 6) is -0.453. The standard InChI is InChI=1S/C34H27N3O3/c1-22(24-13-15-27(16-14-24)34(39)40)36-33(38)31-20-29(25-7-3-2-4-8-25)19-30-21-35-32(37(30)31)18-23-11-12-26-9-5-6-10-28(26)17-23/h2-17,19-22H,18H2,1H3,(H,36,38)(H,39,40)/t22-/m0/s1. The number of nitrogens with zero attached hydrogens (tertiary/aromatic N) is 2. The minimum absolute atomic E-state index is 0.205. The van der Waals surface area contributed by atoms with Gasteiger partial charge in [-0.3, -0.25) is 9.20 Å². The third-order valence-corrected chi connectivity index (χ3v) is 7.22. The van der Waals surface area contributed by atoms with E-state index in [1.54, 1.807) is 24.3 Å². The van der Waals surface area contributed by atoms with Crippen molar-refractivity contribution in [1.29, 1.82) is 0 Å². The van der Waals surface area contributed by atoms with Gasteiger partial charge in [0.25, 0.3) is 5.91 Å². The molecular weight excluding hydrogens is 498 g/mol. The number of rotatable bonds is 7. The van der Waals surface area contributed by atoms with E-state index in [-0.39, 0.29) is 17.5 Å². The molecule has 4 aromatic carbocycles. The van der Waals surface area contributed by atoms with Gasteiger partial charge in [-0.05, 0) is 64.2 Å². The second-order valence-corrected chi connectivity index (χ2v) is 9.91. The average molecular weight is 526 g/mol. The van der Waals surface area contributed by atoms with Gasteiger partial charge in [-0.1, -0.05) is 84.9 Å². The minimum atomic E-state index is -0.984. The topological polar surface area (TPSA) is 83.7 Å². The van der Waals surface area contributed by atoms with Crippen LogP contribution in [0.2, 0.25) is 0 Å². The zero-order valence-corrected chi connectivity index (χ0v) is 21.9. The van der Waals surface area contributed by atoms with E-state index >= 15 is 0 Å². The first-order chi connectivity index (χ1) is 19.5. The van der Waals surface area contributed by atoms with Crippen molar-refractivity contribution in [2.24, 2.45) is 0 Å². The SMILES string of the molecule is C[C@H](NC(=O)c1cc(-c2ccccc2)cc2cnc(Cc3ccc4ccccc4c3)n12)c1ccc(C(=O)O)cc1. The number of carbonyl (C=O) groups excluding carboxylic acids is 1.